The van der Waals surface area contributed by atoms with Gasteiger partial charge < -0.3 is 0 Å². The van der Waals surface area contributed by atoms with E-state index < -0.39 is 0 Å². The van der Waals surface area contributed by atoms with E-state index in [1.54, 1.807) is 0 Å². The minimum absolute atomic E-state index is 0.680. The van der Waals surface area contributed by atoms with E-state index in [1.807, 2.05) is 30.3 Å². The summed E-state index contributed by atoms with van der Waals surface area (Å²) in [7, 11) is 0. The molecule has 0 spiro atoms. The van der Waals surface area contributed by atoms with Crippen LogP contribution >= 0.6 is 0 Å². The van der Waals surface area contributed by atoms with Crippen molar-refractivity contribution in [1.29, 1.82) is 5.26 Å². The first-order chi connectivity index (χ1) is 10.3. The third-order valence-electron chi connectivity index (χ3n) is 4.27. The fourth-order valence-electron chi connectivity index (χ4n) is 3.01. The molecule has 0 N–H and O–H groups in total. The molecule has 0 unspecified atom stereocenters. The molecule has 2 rings (SSSR count). The van der Waals surface area contributed by atoms with Crippen LogP contribution in [0.15, 0.2) is 36.4 Å². The van der Waals surface area contributed by atoms with E-state index in [9.17, 15) is 0 Å². The minimum atomic E-state index is 0.680. The van der Waals surface area contributed by atoms with Gasteiger partial charge in [0.1, 0.15) is 0 Å². The van der Waals surface area contributed by atoms with Gasteiger partial charge in [-0.15, -0.1) is 0 Å². The van der Waals surface area contributed by atoms with Gasteiger partial charge in [0, 0.05) is 5.56 Å². The van der Waals surface area contributed by atoms with Gasteiger partial charge in [0.15, 0.2) is 0 Å². The zero-order valence-corrected chi connectivity index (χ0v) is 12.8. The van der Waals surface area contributed by atoms with Crippen LogP contribution in [0.5, 0.6) is 0 Å². The summed E-state index contributed by atoms with van der Waals surface area (Å²) in [6.45, 7) is 2.28. The maximum absolute atomic E-state index is 8.74. The highest BCUT2D eigenvalue weighted by molar-refractivity contribution is 5.41. The van der Waals surface area contributed by atoms with E-state index in [-0.39, 0.29) is 0 Å². The molecule has 108 valence electrons. The van der Waals surface area contributed by atoms with Crippen molar-refractivity contribution < 1.29 is 0 Å². The monoisotopic (exact) mass is 277 g/mol. The number of nitrogens with zero attached hydrogens (tertiary/aromatic N) is 1. The lowest BCUT2D eigenvalue weighted by Crippen LogP contribution is -2.12. The Bertz CT molecular complexity index is 555. The Kier molecular flexibility index (Phi) is 6.11. The third-order valence-corrected chi connectivity index (χ3v) is 4.27. The summed E-state index contributed by atoms with van der Waals surface area (Å²) in [5.41, 5.74) is 1.64. The molecule has 0 radical (unpaired) electrons. The highest BCUT2D eigenvalue weighted by atomic mass is 14.2. The van der Waals surface area contributed by atoms with Gasteiger partial charge in [-0.3, -0.25) is 0 Å². The highest BCUT2D eigenvalue weighted by Gasteiger charge is 2.18. The van der Waals surface area contributed by atoms with Crippen LogP contribution in [0.4, 0.5) is 0 Å². The molecule has 1 aromatic rings. The summed E-state index contributed by atoms with van der Waals surface area (Å²) in [4.78, 5) is 0. The Balaban J connectivity index is 1.81. The molecule has 1 saturated carbocycles. The number of hydrogen-bond donors (Lipinski definition) is 0. The van der Waals surface area contributed by atoms with E-state index in [1.165, 1.54) is 38.5 Å². The Morgan fingerprint density at radius 3 is 2.38 bits per heavy atom. The topological polar surface area (TPSA) is 23.8 Å². The van der Waals surface area contributed by atoms with Crippen LogP contribution in [0.25, 0.3) is 0 Å². The molecular formula is C20H23N. The lowest BCUT2D eigenvalue weighted by molar-refractivity contribution is 0.294. The molecule has 1 fully saturated rings. The second kappa shape index (κ2) is 8.33. The van der Waals surface area contributed by atoms with Crippen molar-refractivity contribution in [3.05, 3.63) is 47.5 Å². The van der Waals surface area contributed by atoms with E-state index >= 15 is 0 Å². The second-order valence-corrected chi connectivity index (χ2v) is 5.89. The van der Waals surface area contributed by atoms with E-state index in [2.05, 4.69) is 30.9 Å². The summed E-state index contributed by atoms with van der Waals surface area (Å²) < 4.78 is 0. The van der Waals surface area contributed by atoms with Crippen molar-refractivity contribution in [2.75, 3.05) is 0 Å². The van der Waals surface area contributed by atoms with Crippen LogP contribution in [0.2, 0.25) is 0 Å². The lowest BCUT2D eigenvalue weighted by atomic mass is 9.80. The number of benzene rings is 1. The molecule has 0 bridgehead atoms. The molecule has 0 saturated heterocycles. The first-order valence-electron chi connectivity index (χ1n) is 8.00. The van der Waals surface area contributed by atoms with Crippen LogP contribution in [0.3, 0.4) is 0 Å². The van der Waals surface area contributed by atoms with E-state index in [0.717, 1.165) is 11.5 Å². The number of allylic oxidation sites excluding steroid dienone is 2. The Morgan fingerprint density at radius 1 is 1.10 bits per heavy atom. The smallest absolute Gasteiger partial charge is 0.0991 e. The predicted octanol–water partition coefficient (Wildman–Crippen LogP) is 5.07. The summed E-state index contributed by atoms with van der Waals surface area (Å²) in [6.07, 6.45) is 12.4. The molecule has 1 aliphatic rings. The average molecular weight is 277 g/mol. The molecule has 0 amide bonds. The molecule has 1 heteroatoms. The lowest BCUT2D eigenvalue weighted by Gasteiger charge is -2.26. The summed E-state index contributed by atoms with van der Waals surface area (Å²) in [5, 5.41) is 8.74. The summed E-state index contributed by atoms with van der Waals surface area (Å²) in [6, 6.07) is 9.53. The van der Waals surface area contributed by atoms with Gasteiger partial charge >= 0.3 is 0 Å². The van der Waals surface area contributed by atoms with Gasteiger partial charge in [-0.25, -0.2) is 0 Å². The molecule has 0 heterocycles. The molecule has 0 aliphatic heterocycles. The normalized spacial score (nSPS) is 21.5. The van der Waals surface area contributed by atoms with Crippen LogP contribution in [-0.2, 0) is 0 Å². The zero-order chi connectivity index (χ0) is 14.9. The first-order valence-corrected chi connectivity index (χ1v) is 8.00. The zero-order valence-electron chi connectivity index (χ0n) is 12.8. The highest BCUT2D eigenvalue weighted by Crippen LogP contribution is 2.31. The van der Waals surface area contributed by atoms with E-state index in [0.29, 0.717) is 11.5 Å². The molecular weight excluding hydrogens is 254 g/mol. The van der Waals surface area contributed by atoms with Crippen molar-refractivity contribution in [3.63, 3.8) is 0 Å². The van der Waals surface area contributed by atoms with Gasteiger partial charge in [-0.2, -0.15) is 5.26 Å². The van der Waals surface area contributed by atoms with Crippen molar-refractivity contribution in [3.8, 4) is 17.9 Å². The molecule has 21 heavy (non-hydrogen) atoms. The van der Waals surface area contributed by atoms with Crippen LogP contribution in [0, 0.1) is 35.0 Å². The van der Waals surface area contributed by atoms with Gasteiger partial charge in [0.05, 0.1) is 11.6 Å². The van der Waals surface area contributed by atoms with Crippen LogP contribution in [0.1, 0.15) is 56.6 Å². The number of nitriles is 1. The fourth-order valence-corrected chi connectivity index (χ4v) is 3.01. The van der Waals surface area contributed by atoms with Gasteiger partial charge in [0.25, 0.3) is 0 Å². The molecule has 0 aromatic heterocycles. The Hall–Kier alpha value is -1.99. The molecule has 1 aromatic carbocycles. The Morgan fingerprint density at radius 2 is 1.76 bits per heavy atom. The predicted molar refractivity (Wildman–Crippen MR) is 87.5 cm³/mol. The summed E-state index contributed by atoms with van der Waals surface area (Å²) >= 11 is 0. The third kappa shape index (κ3) is 5.13. The quantitative estimate of drug-likeness (QED) is 0.707. The van der Waals surface area contributed by atoms with Crippen molar-refractivity contribution in [1.82, 2.24) is 0 Å². The SMILES string of the molecule is CCC[C@H]1CC[C@H](C=CC#Cc2ccc(C#N)cc2)CC1. The van der Waals surface area contributed by atoms with Gasteiger partial charge in [-0.05, 0) is 67.9 Å². The standard InChI is InChI=1S/C20H23N/c1-2-5-17-8-10-18(11-9-17)6-3-4-7-19-12-14-20(16-21)15-13-19/h3,6,12-15,17-18H,2,5,8-11H2,1H3/t17-,18-. The van der Waals surface area contributed by atoms with Crippen molar-refractivity contribution >= 4 is 0 Å². The minimum Gasteiger partial charge on any atom is -0.192 e. The van der Waals surface area contributed by atoms with Gasteiger partial charge in [0.2, 0.25) is 0 Å². The van der Waals surface area contributed by atoms with E-state index in [4.69, 9.17) is 5.26 Å². The average Bonchev–Trinajstić information content (AvgIpc) is 2.54. The maximum atomic E-state index is 8.74. The largest absolute Gasteiger partial charge is 0.192 e. The van der Waals surface area contributed by atoms with Gasteiger partial charge in [-0.1, -0.05) is 37.7 Å². The van der Waals surface area contributed by atoms with Crippen LogP contribution in [-0.4, -0.2) is 0 Å². The fraction of sp³-hybridized carbons (Fsp3) is 0.450. The molecule has 1 aliphatic carbocycles. The van der Waals surface area contributed by atoms with Crippen LogP contribution < -0.4 is 0 Å². The molecule has 1 nitrogen and oxygen atoms in total. The number of hydrogen-bond acceptors (Lipinski definition) is 1. The maximum Gasteiger partial charge on any atom is 0.0991 e. The van der Waals surface area contributed by atoms with Crippen molar-refractivity contribution in [2.45, 2.75) is 45.4 Å². The number of rotatable bonds is 3. The second-order valence-electron chi connectivity index (χ2n) is 5.89. The first kappa shape index (κ1) is 15.4. The van der Waals surface area contributed by atoms with Crippen molar-refractivity contribution in [2.24, 2.45) is 11.8 Å². The summed E-state index contributed by atoms with van der Waals surface area (Å²) in [5.74, 6) is 7.91. The molecule has 0 atom stereocenters. The Labute approximate surface area is 128 Å².